The van der Waals surface area contributed by atoms with E-state index in [4.69, 9.17) is 0 Å². The summed E-state index contributed by atoms with van der Waals surface area (Å²) in [6.07, 6.45) is 4.90. The average Bonchev–Trinajstić information content (AvgIpc) is 2.88. The van der Waals surface area contributed by atoms with Gasteiger partial charge >= 0.3 is 5.97 Å². The van der Waals surface area contributed by atoms with E-state index >= 15 is 0 Å². The highest BCUT2D eigenvalue weighted by atomic mass is 16.5. The van der Waals surface area contributed by atoms with Crippen molar-refractivity contribution in [1.82, 2.24) is 15.0 Å². The lowest BCUT2D eigenvalue weighted by atomic mass is 10.4. The Bertz CT molecular complexity index is 414. The standard InChI is InChI=1S/C6H5N3.C4H6O2/c1-2-5-6(7-3-1)9-4-8-5;5-4-2-1-3-6-4/h1-4H,(H,7,8,9);1-3H2. The smallest absolute Gasteiger partial charge is 0.305 e. The van der Waals surface area contributed by atoms with Crippen LogP contribution in [0.5, 0.6) is 0 Å². The Balaban J connectivity index is 0.000000124. The number of hydrogen-bond donors (Lipinski definition) is 1. The van der Waals surface area contributed by atoms with E-state index in [1.807, 2.05) is 12.1 Å². The van der Waals surface area contributed by atoms with Gasteiger partial charge in [-0.25, -0.2) is 9.97 Å². The van der Waals surface area contributed by atoms with Crippen molar-refractivity contribution in [2.24, 2.45) is 0 Å². The minimum atomic E-state index is -0.0463. The Morgan fingerprint density at radius 2 is 2.33 bits per heavy atom. The van der Waals surface area contributed by atoms with Crippen molar-refractivity contribution < 1.29 is 9.53 Å². The summed E-state index contributed by atoms with van der Waals surface area (Å²) in [4.78, 5) is 20.9. The zero-order valence-corrected chi connectivity index (χ0v) is 8.14. The second-order valence-electron chi connectivity index (χ2n) is 3.10. The molecule has 1 N–H and O–H groups in total. The molecule has 2 aromatic rings. The van der Waals surface area contributed by atoms with Crippen LogP contribution < -0.4 is 0 Å². The van der Waals surface area contributed by atoms with Gasteiger partial charge in [-0.3, -0.25) is 4.79 Å². The highest BCUT2D eigenvalue weighted by Gasteiger charge is 2.08. The highest BCUT2D eigenvalue weighted by Crippen LogP contribution is 2.01. The number of pyridine rings is 1. The molecule has 0 amide bonds. The molecular weight excluding hydrogens is 194 g/mol. The van der Waals surface area contributed by atoms with Gasteiger partial charge in [-0.05, 0) is 18.6 Å². The number of carbonyl (C=O) groups is 1. The number of rotatable bonds is 0. The Morgan fingerprint density at radius 3 is 2.93 bits per heavy atom. The van der Waals surface area contributed by atoms with Crippen molar-refractivity contribution in [2.45, 2.75) is 12.8 Å². The molecule has 1 saturated heterocycles. The molecule has 15 heavy (non-hydrogen) atoms. The topological polar surface area (TPSA) is 67.9 Å². The van der Waals surface area contributed by atoms with E-state index in [1.165, 1.54) is 0 Å². The number of imidazole rings is 1. The van der Waals surface area contributed by atoms with Gasteiger partial charge in [0.2, 0.25) is 0 Å². The normalized spacial score (nSPS) is 14.5. The van der Waals surface area contributed by atoms with E-state index in [0.717, 1.165) is 17.6 Å². The zero-order valence-electron chi connectivity index (χ0n) is 8.14. The van der Waals surface area contributed by atoms with Crippen LogP contribution in [0, 0.1) is 0 Å². The third-order valence-corrected chi connectivity index (χ3v) is 1.98. The van der Waals surface area contributed by atoms with Crippen molar-refractivity contribution in [1.29, 1.82) is 0 Å². The van der Waals surface area contributed by atoms with Crippen LogP contribution in [0.4, 0.5) is 0 Å². The molecule has 0 bridgehead atoms. The minimum absolute atomic E-state index is 0.0463. The first-order valence-corrected chi connectivity index (χ1v) is 4.76. The quantitative estimate of drug-likeness (QED) is 0.658. The fourth-order valence-corrected chi connectivity index (χ4v) is 1.25. The lowest BCUT2D eigenvalue weighted by Gasteiger charge is -1.81. The largest absolute Gasteiger partial charge is 0.466 e. The van der Waals surface area contributed by atoms with Crippen molar-refractivity contribution in [3.05, 3.63) is 24.7 Å². The van der Waals surface area contributed by atoms with Gasteiger partial charge < -0.3 is 9.72 Å². The monoisotopic (exact) mass is 205 g/mol. The van der Waals surface area contributed by atoms with Crippen LogP contribution in [-0.4, -0.2) is 27.5 Å². The predicted molar refractivity (Wildman–Crippen MR) is 54.1 cm³/mol. The number of fused-ring (bicyclic) bond motifs is 1. The predicted octanol–water partition coefficient (Wildman–Crippen LogP) is 1.28. The third kappa shape index (κ3) is 2.52. The second-order valence-corrected chi connectivity index (χ2v) is 3.10. The molecular formula is C10H11N3O2. The third-order valence-electron chi connectivity index (χ3n) is 1.98. The lowest BCUT2D eigenvalue weighted by molar-refractivity contribution is -0.137. The summed E-state index contributed by atoms with van der Waals surface area (Å²) in [7, 11) is 0. The van der Waals surface area contributed by atoms with Crippen LogP contribution in [0.25, 0.3) is 11.2 Å². The number of ether oxygens (including phenoxy) is 1. The van der Waals surface area contributed by atoms with E-state index in [9.17, 15) is 4.79 Å². The van der Waals surface area contributed by atoms with Crippen LogP contribution >= 0.6 is 0 Å². The van der Waals surface area contributed by atoms with Gasteiger partial charge in [0.25, 0.3) is 0 Å². The average molecular weight is 205 g/mol. The summed E-state index contributed by atoms with van der Waals surface area (Å²) >= 11 is 0. The van der Waals surface area contributed by atoms with Crippen LogP contribution in [0.1, 0.15) is 12.8 Å². The molecule has 5 heteroatoms. The van der Waals surface area contributed by atoms with Gasteiger partial charge in [0, 0.05) is 12.6 Å². The maximum absolute atomic E-state index is 10.0. The summed E-state index contributed by atoms with van der Waals surface area (Å²) in [5, 5.41) is 0. The molecule has 0 saturated carbocycles. The molecule has 0 atom stereocenters. The number of hydrogen-bond acceptors (Lipinski definition) is 4. The summed E-state index contributed by atoms with van der Waals surface area (Å²) < 4.78 is 4.51. The minimum Gasteiger partial charge on any atom is -0.466 e. The molecule has 3 rings (SSSR count). The number of cyclic esters (lactones) is 1. The number of H-pyrrole nitrogens is 1. The Morgan fingerprint density at radius 1 is 1.40 bits per heavy atom. The van der Waals surface area contributed by atoms with Crippen molar-refractivity contribution >= 4 is 17.1 Å². The molecule has 1 aliphatic heterocycles. The Hall–Kier alpha value is -1.91. The van der Waals surface area contributed by atoms with E-state index in [-0.39, 0.29) is 5.97 Å². The molecule has 1 fully saturated rings. The number of esters is 1. The first-order chi connectivity index (χ1) is 7.36. The van der Waals surface area contributed by atoms with E-state index in [1.54, 1.807) is 12.5 Å². The van der Waals surface area contributed by atoms with E-state index in [0.29, 0.717) is 13.0 Å². The zero-order chi connectivity index (χ0) is 10.5. The summed E-state index contributed by atoms with van der Waals surface area (Å²) in [6, 6.07) is 3.82. The number of aromatic amines is 1. The van der Waals surface area contributed by atoms with Gasteiger partial charge in [-0.1, -0.05) is 0 Å². The molecule has 0 unspecified atom stereocenters. The van der Waals surface area contributed by atoms with Gasteiger partial charge in [-0.15, -0.1) is 0 Å². The van der Waals surface area contributed by atoms with Gasteiger partial charge in [0.05, 0.1) is 18.5 Å². The fourth-order valence-electron chi connectivity index (χ4n) is 1.25. The molecule has 5 nitrogen and oxygen atoms in total. The van der Waals surface area contributed by atoms with Crippen LogP contribution in [0.3, 0.4) is 0 Å². The van der Waals surface area contributed by atoms with Crippen molar-refractivity contribution in [3.8, 4) is 0 Å². The molecule has 0 radical (unpaired) electrons. The van der Waals surface area contributed by atoms with Crippen LogP contribution in [0.2, 0.25) is 0 Å². The molecule has 2 aromatic heterocycles. The number of aromatic nitrogens is 3. The lowest BCUT2D eigenvalue weighted by Crippen LogP contribution is -1.88. The number of nitrogens with one attached hydrogen (secondary N) is 1. The van der Waals surface area contributed by atoms with Gasteiger partial charge in [0.15, 0.2) is 5.65 Å². The van der Waals surface area contributed by atoms with E-state index < -0.39 is 0 Å². The maximum Gasteiger partial charge on any atom is 0.305 e. The molecule has 0 aromatic carbocycles. The molecule has 0 spiro atoms. The first-order valence-electron chi connectivity index (χ1n) is 4.76. The Kier molecular flexibility index (Phi) is 2.92. The summed E-state index contributed by atoms with van der Waals surface area (Å²) in [5.41, 5.74) is 1.76. The van der Waals surface area contributed by atoms with E-state index in [2.05, 4.69) is 19.7 Å². The van der Waals surface area contributed by atoms with Gasteiger partial charge in [0.1, 0.15) is 0 Å². The summed E-state index contributed by atoms with van der Waals surface area (Å²) in [5.74, 6) is -0.0463. The van der Waals surface area contributed by atoms with Crippen molar-refractivity contribution in [3.63, 3.8) is 0 Å². The van der Waals surface area contributed by atoms with Crippen LogP contribution in [-0.2, 0) is 9.53 Å². The SMILES string of the molecule is O=C1CCCO1.c1cnc2nc[nH]c2c1. The van der Waals surface area contributed by atoms with Crippen LogP contribution in [0.15, 0.2) is 24.7 Å². The number of nitrogens with zero attached hydrogens (tertiary/aromatic N) is 2. The number of carbonyl (C=O) groups excluding carboxylic acids is 1. The molecule has 1 aliphatic rings. The maximum atomic E-state index is 10.0. The highest BCUT2D eigenvalue weighted by molar-refractivity contribution is 5.70. The fraction of sp³-hybridized carbons (Fsp3) is 0.300. The van der Waals surface area contributed by atoms with Gasteiger partial charge in [-0.2, -0.15) is 0 Å². The second kappa shape index (κ2) is 4.54. The molecule has 0 aliphatic carbocycles. The van der Waals surface area contributed by atoms with Crippen molar-refractivity contribution in [2.75, 3.05) is 6.61 Å². The molecule has 78 valence electrons. The summed E-state index contributed by atoms with van der Waals surface area (Å²) in [6.45, 7) is 0.638. The first kappa shape index (κ1) is 9.64. The molecule has 3 heterocycles. The Labute approximate surface area is 86.5 Å².